The summed E-state index contributed by atoms with van der Waals surface area (Å²) in [4.78, 5) is 22.0. The van der Waals surface area contributed by atoms with Crippen LogP contribution < -0.4 is 0 Å². The molecule has 1 N–H and O–H groups in total. The largest absolute Gasteiger partial charge is 0.480 e. The minimum atomic E-state index is -1.04. The van der Waals surface area contributed by atoms with Crippen LogP contribution in [0.1, 0.15) is 6.42 Å². The lowest BCUT2D eigenvalue weighted by molar-refractivity contribution is -0.144. The molecule has 5 heteroatoms. The van der Waals surface area contributed by atoms with Crippen molar-refractivity contribution < 1.29 is 14.7 Å². The van der Waals surface area contributed by atoms with E-state index < -0.39 is 12.0 Å². The molecule has 1 heterocycles. The van der Waals surface area contributed by atoms with Crippen LogP contribution in [-0.2, 0) is 9.59 Å². The van der Waals surface area contributed by atoms with Crippen LogP contribution in [0.15, 0.2) is 0 Å². The fourth-order valence-electron chi connectivity index (χ4n) is 1.31. The summed E-state index contributed by atoms with van der Waals surface area (Å²) in [6, 6.07) is 1.14. The number of carboxylic acid groups (broad SMARTS) is 1. The van der Waals surface area contributed by atoms with Gasteiger partial charge in [-0.25, -0.2) is 4.79 Å². The first kappa shape index (κ1) is 8.53. The summed E-state index contributed by atoms with van der Waals surface area (Å²) < 4.78 is 0. The van der Waals surface area contributed by atoms with E-state index in [-0.39, 0.29) is 18.9 Å². The van der Waals surface area contributed by atoms with E-state index in [2.05, 4.69) is 0 Å². The third-order valence-corrected chi connectivity index (χ3v) is 1.94. The van der Waals surface area contributed by atoms with Gasteiger partial charge in [0.1, 0.15) is 6.04 Å². The van der Waals surface area contributed by atoms with Crippen molar-refractivity contribution in [2.75, 3.05) is 6.54 Å². The van der Waals surface area contributed by atoms with Crippen LogP contribution in [-0.4, -0.2) is 35.0 Å². The standard InChI is InChI=1S/C7H8N2O3/c8-2-5-1-6(7(11)12)9(3-5)4-10/h4-6H,1,3H2,(H,11,12). The second kappa shape index (κ2) is 3.22. The van der Waals surface area contributed by atoms with E-state index in [0.717, 1.165) is 4.90 Å². The van der Waals surface area contributed by atoms with Gasteiger partial charge in [0, 0.05) is 6.54 Å². The molecule has 0 bridgehead atoms. The molecular formula is C7H8N2O3. The molecule has 64 valence electrons. The molecule has 0 aliphatic carbocycles. The SMILES string of the molecule is N#CC1CC(C(=O)O)N(C=O)C1. The predicted octanol–water partition coefficient (Wildman–Crippen LogP) is -0.559. The van der Waals surface area contributed by atoms with Crippen molar-refractivity contribution in [3.8, 4) is 6.07 Å². The molecule has 0 aromatic heterocycles. The average molecular weight is 168 g/mol. The third kappa shape index (κ3) is 1.37. The monoisotopic (exact) mass is 168 g/mol. The quantitative estimate of drug-likeness (QED) is 0.560. The van der Waals surface area contributed by atoms with Crippen LogP contribution in [0.25, 0.3) is 0 Å². The maximum atomic E-state index is 10.5. The summed E-state index contributed by atoms with van der Waals surface area (Å²) in [6.45, 7) is 0.233. The molecule has 5 nitrogen and oxygen atoms in total. The van der Waals surface area contributed by atoms with Gasteiger partial charge in [0.05, 0.1) is 12.0 Å². The molecule has 1 fully saturated rings. The number of carboxylic acids is 1. The number of likely N-dealkylation sites (tertiary alicyclic amines) is 1. The van der Waals surface area contributed by atoms with Crippen LogP contribution in [0.2, 0.25) is 0 Å². The topological polar surface area (TPSA) is 81.4 Å². The highest BCUT2D eigenvalue weighted by Crippen LogP contribution is 2.20. The normalized spacial score (nSPS) is 28.1. The first-order chi connectivity index (χ1) is 5.69. The lowest BCUT2D eigenvalue weighted by atomic mass is 10.1. The van der Waals surface area contributed by atoms with E-state index in [4.69, 9.17) is 10.4 Å². The van der Waals surface area contributed by atoms with Crippen molar-refractivity contribution in [1.82, 2.24) is 4.90 Å². The van der Waals surface area contributed by atoms with Gasteiger partial charge in [-0.2, -0.15) is 5.26 Å². The van der Waals surface area contributed by atoms with Crippen LogP contribution >= 0.6 is 0 Å². The highest BCUT2D eigenvalue weighted by Gasteiger charge is 2.35. The third-order valence-electron chi connectivity index (χ3n) is 1.94. The average Bonchev–Trinajstić information content (AvgIpc) is 2.47. The summed E-state index contributed by atoms with van der Waals surface area (Å²) in [5.41, 5.74) is 0. The van der Waals surface area contributed by atoms with E-state index in [1.165, 1.54) is 0 Å². The molecule has 1 saturated heterocycles. The maximum Gasteiger partial charge on any atom is 0.326 e. The molecule has 12 heavy (non-hydrogen) atoms. The van der Waals surface area contributed by atoms with Crippen molar-refractivity contribution in [3.05, 3.63) is 0 Å². The number of carbonyl (C=O) groups excluding carboxylic acids is 1. The Bertz CT molecular complexity index is 246. The molecule has 2 atom stereocenters. The molecule has 2 unspecified atom stereocenters. The molecular weight excluding hydrogens is 160 g/mol. The van der Waals surface area contributed by atoms with Crippen LogP contribution in [0, 0.1) is 17.2 Å². The number of nitriles is 1. The highest BCUT2D eigenvalue weighted by molar-refractivity contribution is 5.77. The Kier molecular flexibility index (Phi) is 2.29. The molecule has 0 aromatic carbocycles. The Morgan fingerprint density at radius 3 is 2.75 bits per heavy atom. The van der Waals surface area contributed by atoms with Gasteiger partial charge in [-0.1, -0.05) is 0 Å². The Balaban J connectivity index is 2.70. The number of amides is 1. The molecule has 1 amide bonds. The molecule has 0 saturated carbocycles. The van der Waals surface area contributed by atoms with Gasteiger partial charge in [0.2, 0.25) is 6.41 Å². The van der Waals surface area contributed by atoms with E-state index in [1.807, 2.05) is 6.07 Å². The summed E-state index contributed by atoms with van der Waals surface area (Å²) in [6.07, 6.45) is 0.723. The maximum absolute atomic E-state index is 10.5. The van der Waals surface area contributed by atoms with Crippen LogP contribution in [0.4, 0.5) is 0 Å². The number of hydrogen-bond donors (Lipinski definition) is 1. The first-order valence-electron chi connectivity index (χ1n) is 3.52. The minimum absolute atomic E-state index is 0.233. The molecule has 0 radical (unpaired) electrons. The van der Waals surface area contributed by atoms with E-state index in [0.29, 0.717) is 6.41 Å². The fourth-order valence-corrected chi connectivity index (χ4v) is 1.31. The highest BCUT2D eigenvalue weighted by atomic mass is 16.4. The zero-order valence-electron chi connectivity index (χ0n) is 6.30. The Morgan fingerprint density at radius 1 is 1.75 bits per heavy atom. The molecule has 1 aliphatic rings. The van der Waals surface area contributed by atoms with Crippen molar-refractivity contribution in [1.29, 1.82) is 5.26 Å². The molecule has 0 spiro atoms. The van der Waals surface area contributed by atoms with Crippen molar-refractivity contribution >= 4 is 12.4 Å². The Labute approximate surface area is 69.2 Å². The van der Waals surface area contributed by atoms with Gasteiger partial charge in [0.25, 0.3) is 0 Å². The summed E-state index contributed by atoms with van der Waals surface area (Å²) >= 11 is 0. The van der Waals surface area contributed by atoms with Crippen LogP contribution in [0.5, 0.6) is 0 Å². The first-order valence-corrected chi connectivity index (χ1v) is 3.52. The molecule has 1 rings (SSSR count). The second-order valence-corrected chi connectivity index (χ2v) is 2.72. The summed E-state index contributed by atoms with van der Waals surface area (Å²) in [5, 5.41) is 17.1. The number of hydrogen-bond acceptors (Lipinski definition) is 3. The summed E-state index contributed by atoms with van der Waals surface area (Å²) in [5.74, 6) is -1.38. The van der Waals surface area contributed by atoms with E-state index in [1.54, 1.807) is 0 Å². The van der Waals surface area contributed by atoms with Gasteiger partial charge in [-0.05, 0) is 6.42 Å². The minimum Gasteiger partial charge on any atom is -0.480 e. The Hall–Kier alpha value is -1.57. The van der Waals surface area contributed by atoms with Gasteiger partial charge in [-0.3, -0.25) is 4.79 Å². The van der Waals surface area contributed by atoms with Gasteiger partial charge in [0.15, 0.2) is 0 Å². The zero-order chi connectivity index (χ0) is 9.14. The van der Waals surface area contributed by atoms with E-state index >= 15 is 0 Å². The fraction of sp³-hybridized carbons (Fsp3) is 0.571. The lowest BCUT2D eigenvalue weighted by Gasteiger charge is -2.13. The summed E-state index contributed by atoms with van der Waals surface area (Å²) in [7, 11) is 0. The van der Waals surface area contributed by atoms with Crippen molar-refractivity contribution in [3.63, 3.8) is 0 Å². The molecule has 0 aromatic rings. The van der Waals surface area contributed by atoms with E-state index in [9.17, 15) is 9.59 Å². The number of carbonyl (C=O) groups is 2. The van der Waals surface area contributed by atoms with Gasteiger partial charge < -0.3 is 10.0 Å². The molecule has 1 aliphatic heterocycles. The lowest BCUT2D eigenvalue weighted by Crippen LogP contribution is -2.34. The number of rotatable bonds is 2. The van der Waals surface area contributed by atoms with Gasteiger partial charge >= 0.3 is 5.97 Å². The number of nitrogens with zero attached hydrogens (tertiary/aromatic N) is 2. The number of aliphatic carboxylic acids is 1. The predicted molar refractivity (Wildman–Crippen MR) is 37.9 cm³/mol. The van der Waals surface area contributed by atoms with Crippen molar-refractivity contribution in [2.24, 2.45) is 5.92 Å². The van der Waals surface area contributed by atoms with Crippen LogP contribution in [0.3, 0.4) is 0 Å². The Morgan fingerprint density at radius 2 is 2.42 bits per heavy atom. The smallest absolute Gasteiger partial charge is 0.326 e. The van der Waals surface area contributed by atoms with Gasteiger partial charge in [-0.15, -0.1) is 0 Å². The second-order valence-electron chi connectivity index (χ2n) is 2.72. The van der Waals surface area contributed by atoms with Crippen molar-refractivity contribution in [2.45, 2.75) is 12.5 Å². The zero-order valence-corrected chi connectivity index (χ0v) is 6.30.